The maximum Gasteiger partial charge on any atom is 0.439 e. The summed E-state index contributed by atoms with van der Waals surface area (Å²) in [6, 6.07) is 0.279. The molecule has 2 fully saturated rings. The van der Waals surface area contributed by atoms with Gasteiger partial charge in [0.1, 0.15) is 5.52 Å². The largest absolute Gasteiger partial charge is 0.439 e. The maximum absolute atomic E-state index is 11.6. The Morgan fingerprint density at radius 1 is 1.17 bits per heavy atom. The van der Waals surface area contributed by atoms with Crippen LogP contribution in [0.3, 0.4) is 0 Å². The van der Waals surface area contributed by atoms with Gasteiger partial charge in [0.25, 0.3) is 0 Å². The molecule has 35 heavy (non-hydrogen) atoms. The molecule has 0 unspecified atom stereocenters. The Balaban J connectivity index is 1.62. The van der Waals surface area contributed by atoms with Gasteiger partial charge in [0.05, 0.1) is 0 Å². The summed E-state index contributed by atoms with van der Waals surface area (Å²) < 4.78 is 7.06. The van der Waals surface area contributed by atoms with Gasteiger partial charge in [-0.25, -0.2) is 14.8 Å². The third kappa shape index (κ3) is 4.92. The number of H-pyrrole nitrogens is 1. The maximum atomic E-state index is 11.6. The van der Waals surface area contributed by atoms with Crippen LogP contribution in [0.2, 0.25) is 0 Å². The number of fused-ring (bicyclic) bond motifs is 1. The minimum atomic E-state index is -0.624. The summed E-state index contributed by atoms with van der Waals surface area (Å²) in [5.41, 5.74) is 1.55. The highest BCUT2D eigenvalue weighted by atomic mass is 16.5. The van der Waals surface area contributed by atoms with Crippen molar-refractivity contribution in [3.05, 3.63) is 10.6 Å². The summed E-state index contributed by atoms with van der Waals surface area (Å²) in [6.45, 7) is 8.57. The smallest absolute Gasteiger partial charge is 0.365 e. The van der Waals surface area contributed by atoms with Gasteiger partial charge in [0, 0.05) is 26.2 Å². The Bertz CT molecular complexity index is 1200. The predicted molar refractivity (Wildman–Crippen MR) is 137 cm³/mol. The Kier molecular flexibility index (Phi) is 6.80. The van der Waals surface area contributed by atoms with Crippen molar-refractivity contribution in [3.63, 3.8) is 0 Å². The number of nitrogens with zero attached hydrogens (tertiary/aromatic N) is 6. The minimum absolute atomic E-state index is 0.218. The van der Waals surface area contributed by atoms with Crippen molar-refractivity contribution < 1.29 is 4.52 Å². The summed E-state index contributed by atoms with van der Waals surface area (Å²) in [5, 5.41) is 7.52. The molecule has 3 aromatic rings. The fourth-order valence-corrected chi connectivity index (χ4v) is 5.50. The standard InChI is InChI=1S/C25H38N8O2/c1-5-13-32(4)24-29-21-19(33(24)14-17-11-9-15(2)10-12-17)20(26-16(3)18-7-6-8-18)27-22(28-21)23-30-25(34)35-31-23/h15-18H,5-14H2,1-4H3,(H,26,27,28)(H,30,31,34)/t15?,16-,17?/m1/s1. The fourth-order valence-electron chi connectivity index (χ4n) is 5.50. The quantitative estimate of drug-likeness (QED) is 0.459. The van der Waals surface area contributed by atoms with E-state index in [1.807, 2.05) is 0 Å². The highest BCUT2D eigenvalue weighted by molar-refractivity contribution is 5.87. The molecule has 0 amide bonds. The van der Waals surface area contributed by atoms with E-state index in [0.29, 0.717) is 23.3 Å². The van der Waals surface area contributed by atoms with E-state index in [2.05, 4.69) is 52.7 Å². The summed E-state index contributed by atoms with van der Waals surface area (Å²) in [6.07, 6.45) is 9.80. The van der Waals surface area contributed by atoms with E-state index in [-0.39, 0.29) is 11.9 Å². The first kappa shape index (κ1) is 23.8. The molecule has 0 saturated heterocycles. The number of aromatic nitrogens is 6. The lowest BCUT2D eigenvalue weighted by Crippen LogP contribution is -2.31. The molecule has 2 N–H and O–H groups in total. The number of aromatic amines is 1. The molecule has 2 aliphatic carbocycles. The number of hydrogen-bond donors (Lipinski definition) is 2. The van der Waals surface area contributed by atoms with Crippen LogP contribution in [0, 0.1) is 17.8 Å². The molecule has 0 spiro atoms. The van der Waals surface area contributed by atoms with E-state index < -0.39 is 5.76 Å². The van der Waals surface area contributed by atoms with E-state index in [0.717, 1.165) is 42.7 Å². The van der Waals surface area contributed by atoms with Crippen LogP contribution in [-0.4, -0.2) is 49.3 Å². The van der Waals surface area contributed by atoms with Gasteiger partial charge in [0.2, 0.25) is 17.6 Å². The molecule has 10 nitrogen and oxygen atoms in total. The summed E-state index contributed by atoms with van der Waals surface area (Å²) in [4.78, 5) is 31.0. The molecular weight excluding hydrogens is 444 g/mol. The van der Waals surface area contributed by atoms with Gasteiger partial charge >= 0.3 is 5.76 Å². The molecule has 190 valence electrons. The first-order chi connectivity index (χ1) is 16.9. The molecule has 3 aromatic heterocycles. The number of rotatable bonds is 9. The van der Waals surface area contributed by atoms with Gasteiger partial charge in [-0.15, -0.1) is 0 Å². The average Bonchev–Trinajstić information content (AvgIpc) is 3.38. The fraction of sp³-hybridized carbons (Fsp3) is 0.720. The van der Waals surface area contributed by atoms with Crippen LogP contribution in [0.1, 0.15) is 72.1 Å². The third-order valence-electron chi connectivity index (χ3n) is 7.93. The van der Waals surface area contributed by atoms with Crippen LogP contribution in [0.25, 0.3) is 22.8 Å². The van der Waals surface area contributed by atoms with Crippen LogP contribution in [0.4, 0.5) is 11.8 Å². The molecule has 0 aliphatic heterocycles. The van der Waals surface area contributed by atoms with Gasteiger partial charge in [-0.3, -0.25) is 9.51 Å². The SMILES string of the molecule is CCCN(C)c1nc2nc(-c3noc(=O)[nH]3)nc(N[C@H](C)C3CCC3)c2n1CC1CCC(C)CC1. The van der Waals surface area contributed by atoms with Crippen molar-refractivity contribution in [1.29, 1.82) is 0 Å². The van der Waals surface area contributed by atoms with Gasteiger partial charge in [-0.2, -0.15) is 4.98 Å². The topological polar surface area (TPSA) is 118 Å². The highest BCUT2D eigenvalue weighted by Crippen LogP contribution is 2.36. The lowest BCUT2D eigenvalue weighted by Gasteiger charge is -2.32. The zero-order valence-electron chi connectivity index (χ0n) is 21.4. The van der Waals surface area contributed by atoms with Crippen molar-refractivity contribution in [2.24, 2.45) is 17.8 Å². The zero-order valence-corrected chi connectivity index (χ0v) is 21.4. The Labute approximate surface area is 205 Å². The van der Waals surface area contributed by atoms with Gasteiger partial charge in [-0.05, 0) is 56.8 Å². The number of nitrogens with one attached hydrogen (secondary N) is 2. The first-order valence-electron chi connectivity index (χ1n) is 13.2. The van der Waals surface area contributed by atoms with E-state index in [1.165, 1.54) is 44.9 Å². The number of imidazole rings is 1. The van der Waals surface area contributed by atoms with Gasteiger partial charge < -0.3 is 14.8 Å². The van der Waals surface area contributed by atoms with Crippen molar-refractivity contribution in [3.8, 4) is 11.6 Å². The Morgan fingerprint density at radius 2 is 1.94 bits per heavy atom. The van der Waals surface area contributed by atoms with E-state index in [1.54, 1.807) is 0 Å². The predicted octanol–water partition coefficient (Wildman–Crippen LogP) is 4.44. The third-order valence-corrected chi connectivity index (χ3v) is 7.93. The van der Waals surface area contributed by atoms with Crippen LogP contribution in [0.15, 0.2) is 9.32 Å². The second-order valence-electron chi connectivity index (χ2n) is 10.7. The minimum Gasteiger partial charge on any atom is -0.365 e. The Hall–Kier alpha value is -2.91. The second kappa shape index (κ2) is 9.99. The highest BCUT2D eigenvalue weighted by Gasteiger charge is 2.29. The molecule has 5 rings (SSSR count). The van der Waals surface area contributed by atoms with Crippen molar-refractivity contribution in [1.82, 2.24) is 29.7 Å². The molecule has 2 saturated carbocycles. The molecule has 0 bridgehead atoms. The summed E-state index contributed by atoms with van der Waals surface area (Å²) >= 11 is 0. The van der Waals surface area contributed by atoms with Crippen molar-refractivity contribution in [2.75, 3.05) is 23.8 Å². The summed E-state index contributed by atoms with van der Waals surface area (Å²) in [5.74, 6) is 3.63. The lowest BCUT2D eigenvalue weighted by atomic mass is 9.80. The van der Waals surface area contributed by atoms with E-state index in [4.69, 9.17) is 19.5 Å². The van der Waals surface area contributed by atoms with Crippen LogP contribution in [0.5, 0.6) is 0 Å². The molecule has 2 aliphatic rings. The van der Waals surface area contributed by atoms with Crippen molar-refractivity contribution in [2.45, 2.75) is 84.7 Å². The van der Waals surface area contributed by atoms with E-state index >= 15 is 0 Å². The Morgan fingerprint density at radius 3 is 2.57 bits per heavy atom. The number of hydrogen-bond acceptors (Lipinski definition) is 8. The van der Waals surface area contributed by atoms with Crippen LogP contribution in [-0.2, 0) is 6.54 Å². The van der Waals surface area contributed by atoms with Crippen molar-refractivity contribution >= 4 is 22.9 Å². The van der Waals surface area contributed by atoms with Gasteiger partial charge in [0.15, 0.2) is 11.5 Å². The van der Waals surface area contributed by atoms with Crippen LogP contribution >= 0.6 is 0 Å². The average molecular weight is 483 g/mol. The number of anilines is 2. The molecule has 10 heteroatoms. The molecule has 3 heterocycles. The molecule has 0 aromatic carbocycles. The molecule has 1 atom stereocenters. The van der Waals surface area contributed by atoms with E-state index in [9.17, 15) is 4.79 Å². The molecule has 0 radical (unpaired) electrons. The zero-order chi connectivity index (χ0) is 24.5. The van der Waals surface area contributed by atoms with Crippen LogP contribution < -0.4 is 16.0 Å². The summed E-state index contributed by atoms with van der Waals surface area (Å²) in [7, 11) is 2.09. The first-order valence-corrected chi connectivity index (χ1v) is 13.2. The van der Waals surface area contributed by atoms with Gasteiger partial charge in [-0.1, -0.05) is 38.3 Å². The monoisotopic (exact) mass is 482 g/mol. The molecular formula is C25H38N8O2. The normalized spacial score (nSPS) is 21.7. The lowest BCUT2D eigenvalue weighted by molar-refractivity contribution is 0.267. The second-order valence-corrected chi connectivity index (χ2v) is 10.7.